The molecule has 1 fully saturated rings. The van der Waals surface area contributed by atoms with Gasteiger partial charge < -0.3 is 20.8 Å². The SMILES string of the molecule is CCC1(CNC(=O)N[C@H](CC(=O)O)C(=O)O)CCCC1. The molecule has 0 aromatic heterocycles. The van der Waals surface area contributed by atoms with Crippen LogP contribution in [0.4, 0.5) is 4.79 Å². The first-order valence-electron chi connectivity index (χ1n) is 6.87. The molecule has 0 bridgehead atoms. The smallest absolute Gasteiger partial charge is 0.326 e. The first-order chi connectivity index (χ1) is 9.38. The molecule has 0 heterocycles. The van der Waals surface area contributed by atoms with Crippen molar-refractivity contribution in [3.63, 3.8) is 0 Å². The highest BCUT2D eigenvalue weighted by molar-refractivity contribution is 5.86. The Labute approximate surface area is 117 Å². The molecule has 0 aromatic carbocycles. The van der Waals surface area contributed by atoms with E-state index < -0.39 is 30.4 Å². The minimum absolute atomic E-state index is 0.100. The van der Waals surface area contributed by atoms with Crippen molar-refractivity contribution in [2.24, 2.45) is 5.41 Å². The predicted octanol–water partition coefficient (Wildman–Crippen LogP) is 1.18. The lowest BCUT2D eigenvalue weighted by Gasteiger charge is -2.28. The number of urea groups is 1. The zero-order valence-electron chi connectivity index (χ0n) is 11.6. The third kappa shape index (κ3) is 4.71. The fourth-order valence-electron chi connectivity index (χ4n) is 2.63. The van der Waals surface area contributed by atoms with Crippen LogP contribution in [-0.2, 0) is 9.59 Å². The summed E-state index contributed by atoms with van der Waals surface area (Å²) in [6.45, 7) is 2.57. The number of nitrogens with one attached hydrogen (secondary N) is 2. The fraction of sp³-hybridized carbons (Fsp3) is 0.769. The van der Waals surface area contributed by atoms with Gasteiger partial charge in [0.15, 0.2) is 0 Å². The van der Waals surface area contributed by atoms with Crippen LogP contribution >= 0.6 is 0 Å². The molecule has 0 aromatic rings. The summed E-state index contributed by atoms with van der Waals surface area (Å²) in [6, 6.07) is -2.04. The second kappa shape index (κ2) is 7.12. The Morgan fingerprint density at radius 3 is 2.25 bits per heavy atom. The van der Waals surface area contributed by atoms with Crippen LogP contribution in [0.2, 0.25) is 0 Å². The summed E-state index contributed by atoms with van der Waals surface area (Å²) in [7, 11) is 0. The van der Waals surface area contributed by atoms with Gasteiger partial charge in [-0.3, -0.25) is 4.79 Å². The second-order valence-electron chi connectivity index (χ2n) is 5.38. The summed E-state index contributed by atoms with van der Waals surface area (Å²) in [4.78, 5) is 33.0. The van der Waals surface area contributed by atoms with Gasteiger partial charge in [-0.15, -0.1) is 0 Å². The van der Waals surface area contributed by atoms with Crippen LogP contribution in [-0.4, -0.2) is 40.8 Å². The van der Waals surface area contributed by atoms with Gasteiger partial charge in [0.05, 0.1) is 6.42 Å². The van der Waals surface area contributed by atoms with Crippen molar-refractivity contribution < 1.29 is 24.6 Å². The third-order valence-electron chi connectivity index (χ3n) is 4.02. The molecule has 0 saturated heterocycles. The molecule has 1 saturated carbocycles. The summed E-state index contributed by atoms with van der Waals surface area (Å²) in [5.41, 5.74) is 0.100. The molecule has 0 unspecified atom stereocenters. The van der Waals surface area contributed by atoms with Crippen molar-refractivity contribution in [1.82, 2.24) is 10.6 Å². The molecule has 20 heavy (non-hydrogen) atoms. The van der Waals surface area contributed by atoms with E-state index in [0.29, 0.717) is 6.54 Å². The number of carboxylic acid groups (broad SMARTS) is 2. The molecule has 7 nitrogen and oxygen atoms in total. The maximum Gasteiger partial charge on any atom is 0.326 e. The Bertz CT molecular complexity index is 377. The Kier molecular flexibility index (Phi) is 5.79. The highest BCUT2D eigenvalue weighted by Crippen LogP contribution is 2.40. The number of carboxylic acids is 2. The molecular formula is C13H22N2O5. The van der Waals surface area contributed by atoms with Gasteiger partial charge in [0.25, 0.3) is 0 Å². The zero-order valence-corrected chi connectivity index (χ0v) is 11.6. The van der Waals surface area contributed by atoms with Crippen LogP contribution in [0.3, 0.4) is 0 Å². The number of carbonyl (C=O) groups excluding carboxylic acids is 1. The summed E-state index contributed by atoms with van der Waals surface area (Å²) in [5.74, 6) is -2.62. The lowest BCUT2D eigenvalue weighted by atomic mass is 9.83. The van der Waals surface area contributed by atoms with E-state index in [1.165, 1.54) is 0 Å². The minimum Gasteiger partial charge on any atom is -0.481 e. The number of carbonyl (C=O) groups is 3. The van der Waals surface area contributed by atoms with E-state index in [2.05, 4.69) is 17.6 Å². The minimum atomic E-state index is -1.41. The van der Waals surface area contributed by atoms with E-state index >= 15 is 0 Å². The van der Waals surface area contributed by atoms with Crippen LogP contribution in [0, 0.1) is 5.41 Å². The predicted molar refractivity (Wildman–Crippen MR) is 71.4 cm³/mol. The van der Waals surface area contributed by atoms with Crippen LogP contribution in [0.1, 0.15) is 45.4 Å². The summed E-state index contributed by atoms with van der Waals surface area (Å²) in [5, 5.41) is 22.3. The normalized spacial score (nSPS) is 18.2. The quantitative estimate of drug-likeness (QED) is 0.561. The van der Waals surface area contributed by atoms with Crippen molar-refractivity contribution in [2.75, 3.05) is 6.54 Å². The van der Waals surface area contributed by atoms with Gasteiger partial charge in [-0.1, -0.05) is 19.8 Å². The number of amides is 2. The van der Waals surface area contributed by atoms with E-state index in [9.17, 15) is 14.4 Å². The number of hydrogen-bond acceptors (Lipinski definition) is 3. The Hall–Kier alpha value is -1.79. The largest absolute Gasteiger partial charge is 0.481 e. The Morgan fingerprint density at radius 1 is 1.20 bits per heavy atom. The summed E-state index contributed by atoms with van der Waals surface area (Å²) in [6.07, 6.45) is 4.73. The first kappa shape index (κ1) is 16.3. The molecule has 1 aliphatic rings. The second-order valence-corrected chi connectivity index (χ2v) is 5.38. The van der Waals surface area contributed by atoms with E-state index in [4.69, 9.17) is 10.2 Å². The van der Waals surface area contributed by atoms with Gasteiger partial charge in [-0.05, 0) is 24.7 Å². The molecule has 114 valence electrons. The topological polar surface area (TPSA) is 116 Å². The zero-order chi connectivity index (χ0) is 15.2. The van der Waals surface area contributed by atoms with E-state index in [-0.39, 0.29) is 5.41 Å². The molecular weight excluding hydrogens is 264 g/mol. The maximum atomic E-state index is 11.7. The van der Waals surface area contributed by atoms with Gasteiger partial charge in [0, 0.05) is 6.54 Å². The van der Waals surface area contributed by atoms with Crippen LogP contribution in [0.25, 0.3) is 0 Å². The Morgan fingerprint density at radius 2 is 1.80 bits per heavy atom. The van der Waals surface area contributed by atoms with E-state index in [1.807, 2.05) is 0 Å². The molecule has 2 amide bonds. The highest BCUT2D eigenvalue weighted by Gasteiger charge is 2.32. The highest BCUT2D eigenvalue weighted by atomic mass is 16.4. The van der Waals surface area contributed by atoms with Crippen molar-refractivity contribution in [2.45, 2.75) is 51.5 Å². The number of hydrogen-bond donors (Lipinski definition) is 4. The van der Waals surface area contributed by atoms with Gasteiger partial charge in [0.1, 0.15) is 6.04 Å². The summed E-state index contributed by atoms with van der Waals surface area (Å²) < 4.78 is 0. The van der Waals surface area contributed by atoms with Gasteiger partial charge in [-0.25, -0.2) is 9.59 Å². The molecule has 1 atom stereocenters. The van der Waals surface area contributed by atoms with Crippen LogP contribution < -0.4 is 10.6 Å². The van der Waals surface area contributed by atoms with Gasteiger partial charge in [-0.2, -0.15) is 0 Å². The Balaban J connectivity index is 2.45. The number of rotatable bonds is 7. The lowest BCUT2D eigenvalue weighted by Crippen LogP contribution is -2.49. The molecule has 1 aliphatic carbocycles. The van der Waals surface area contributed by atoms with E-state index in [0.717, 1.165) is 32.1 Å². The average Bonchev–Trinajstić information content (AvgIpc) is 2.84. The third-order valence-corrected chi connectivity index (χ3v) is 4.02. The number of aliphatic carboxylic acids is 2. The van der Waals surface area contributed by atoms with Crippen molar-refractivity contribution in [3.8, 4) is 0 Å². The monoisotopic (exact) mass is 286 g/mol. The standard InChI is InChI=1S/C13H22N2O5/c1-2-13(5-3-4-6-13)8-14-12(20)15-9(11(18)19)7-10(16)17/h9H,2-8H2,1H3,(H,16,17)(H,18,19)(H2,14,15,20)/t9-/m1/s1. The molecule has 0 radical (unpaired) electrons. The molecule has 4 N–H and O–H groups in total. The fourth-order valence-corrected chi connectivity index (χ4v) is 2.63. The first-order valence-corrected chi connectivity index (χ1v) is 6.87. The van der Waals surface area contributed by atoms with Crippen LogP contribution in [0.5, 0.6) is 0 Å². The van der Waals surface area contributed by atoms with Crippen molar-refractivity contribution in [3.05, 3.63) is 0 Å². The van der Waals surface area contributed by atoms with Crippen molar-refractivity contribution >= 4 is 18.0 Å². The van der Waals surface area contributed by atoms with Crippen LogP contribution in [0.15, 0.2) is 0 Å². The van der Waals surface area contributed by atoms with E-state index in [1.54, 1.807) is 0 Å². The lowest BCUT2D eigenvalue weighted by molar-refractivity contribution is -0.145. The molecule has 0 aliphatic heterocycles. The summed E-state index contributed by atoms with van der Waals surface area (Å²) >= 11 is 0. The molecule has 0 spiro atoms. The maximum absolute atomic E-state index is 11.7. The average molecular weight is 286 g/mol. The van der Waals surface area contributed by atoms with Gasteiger partial charge in [0.2, 0.25) is 0 Å². The molecule has 7 heteroatoms. The van der Waals surface area contributed by atoms with Crippen molar-refractivity contribution in [1.29, 1.82) is 0 Å². The van der Waals surface area contributed by atoms with Gasteiger partial charge >= 0.3 is 18.0 Å². The molecule has 1 rings (SSSR count).